The lowest BCUT2D eigenvalue weighted by Gasteiger charge is -2.10. The van der Waals surface area contributed by atoms with Crippen LogP contribution < -0.4 is 15.4 Å². The van der Waals surface area contributed by atoms with Crippen LogP contribution in [0, 0.1) is 12.7 Å². The Morgan fingerprint density at radius 1 is 1.17 bits per heavy atom. The molecule has 5 nitrogen and oxygen atoms in total. The van der Waals surface area contributed by atoms with Gasteiger partial charge in [-0.2, -0.15) is 0 Å². The van der Waals surface area contributed by atoms with E-state index < -0.39 is 17.6 Å². The van der Waals surface area contributed by atoms with E-state index >= 15 is 0 Å². The molecule has 0 aromatic heterocycles. The van der Waals surface area contributed by atoms with E-state index in [2.05, 4.69) is 10.6 Å². The molecule has 0 saturated heterocycles. The SMILES string of the molecule is CC(=O)Nc1cc(NC(=O)COc2ccc(Cl)c(C)c2)ccc1F. The zero-order valence-electron chi connectivity index (χ0n) is 13.2. The summed E-state index contributed by atoms with van der Waals surface area (Å²) < 4.78 is 18.9. The number of halogens is 2. The number of ether oxygens (including phenoxy) is 1. The summed E-state index contributed by atoms with van der Waals surface area (Å²) in [7, 11) is 0. The Labute approximate surface area is 143 Å². The Morgan fingerprint density at radius 2 is 1.92 bits per heavy atom. The van der Waals surface area contributed by atoms with Crippen LogP contribution in [-0.4, -0.2) is 18.4 Å². The van der Waals surface area contributed by atoms with Gasteiger partial charge in [0.15, 0.2) is 6.61 Å². The Balaban J connectivity index is 1.96. The summed E-state index contributed by atoms with van der Waals surface area (Å²) in [6.45, 7) is 2.89. The van der Waals surface area contributed by atoms with E-state index in [1.54, 1.807) is 18.2 Å². The van der Waals surface area contributed by atoms with Gasteiger partial charge >= 0.3 is 0 Å². The minimum Gasteiger partial charge on any atom is -0.484 e. The number of nitrogens with one attached hydrogen (secondary N) is 2. The van der Waals surface area contributed by atoms with E-state index in [4.69, 9.17) is 16.3 Å². The molecule has 0 saturated carbocycles. The number of carbonyl (C=O) groups excluding carboxylic acids is 2. The topological polar surface area (TPSA) is 67.4 Å². The highest BCUT2D eigenvalue weighted by Crippen LogP contribution is 2.22. The van der Waals surface area contributed by atoms with Crippen molar-refractivity contribution in [2.24, 2.45) is 0 Å². The zero-order chi connectivity index (χ0) is 17.7. The summed E-state index contributed by atoms with van der Waals surface area (Å²) in [4.78, 5) is 22.9. The van der Waals surface area contributed by atoms with Crippen LogP contribution in [0.15, 0.2) is 36.4 Å². The minimum atomic E-state index is -0.587. The maximum atomic E-state index is 13.5. The fraction of sp³-hybridized carbons (Fsp3) is 0.176. The van der Waals surface area contributed by atoms with E-state index in [1.807, 2.05) is 6.92 Å². The van der Waals surface area contributed by atoms with Gasteiger partial charge in [-0.1, -0.05) is 11.6 Å². The largest absolute Gasteiger partial charge is 0.484 e. The molecule has 0 radical (unpaired) electrons. The first kappa shape index (κ1) is 17.7. The molecule has 0 bridgehead atoms. The van der Waals surface area contributed by atoms with Gasteiger partial charge in [-0.3, -0.25) is 9.59 Å². The Bertz CT molecular complexity index is 780. The molecule has 126 valence electrons. The number of aryl methyl sites for hydroxylation is 1. The van der Waals surface area contributed by atoms with E-state index in [-0.39, 0.29) is 12.3 Å². The van der Waals surface area contributed by atoms with Crippen molar-refractivity contribution >= 4 is 34.8 Å². The van der Waals surface area contributed by atoms with Gasteiger partial charge in [-0.15, -0.1) is 0 Å². The summed E-state index contributed by atoms with van der Waals surface area (Å²) in [5.74, 6) is -0.886. The van der Waals surface area contributed by atoms with Crippen LogP contribution in [0.4, 0.5) is 15.8 Å². The van der Waals surface area contributed by atoms with Gasteiger partial charge in [-0.25, -0.2) is 4.39 Å². The highest BCUT2D eigenvalue weighted by molar-refractivity contribution is 6.31. The van der Waals surface area contributed by atoms with Crippen molar-refractivity contribution in [2.45, 2.75) is 13.8 Å². The van der Waals surface area contributed by atoms with Crippen molar-refractivity contribution in [2.75, 3.05) is 17.2 Å². The smallest absolute Gasteiger partial charge is 0.262 e. The molecule has 0 atom stereocenters. The number of amides is 2. The molecule has 0 fully saturated rings. The molecule has 0 heterocycles. The number of carbonyl (C=O) groups is 2. The van der Waals surface area contributed by atoms with Gasteiger partial charge in [0.25, 0.3) is 5.91 Å². The van der Waals surface area contributed by atoms with Gasteiger partial charge in [0, 0.05) is 17.6 Å². The predicted octanol–water partition coefficient (Wildman–Crippen LogP) is 3.76. The molecule has 2 N–H and O–H groups in total. The summed E-state index contributed by atoms with van der Waals surface area (Å²) in [6, 6.07) is 8.96. The van der Waals surface area contributed by atoms with Gasteiger partial charge in [-0.05, 0) is 48.9 Å². The molecule has 0 unspecified atom stereocenters. The first-order valence-electron chi connectivity index (χ1n) is 7.11. The van der Waals surface area contributed by atoms with Crippen LogP contribution in [0.2, 0.25) is 5.02 Å². The zero-order valence-corrected chi connectivity index (χ0v) is 13.9. The maximum absolute atomic E-state index is 13.5. The maximum Gasteiger partial charge on any atom is 0.262 e. The fourth-order valence-electron chi connectivity index (χ4n) is 1.94. The molecule has 24 heavy (non-hydrogen) atoms. The standard InChI is InChI=1S/C17H16ClFN2O3/c1-10-7-13(4-5-14(10)18)24-9-17(23)21-12-3-6-15(19)16(8-12)20-11(2)22/h3-8H,9H2,1-2H3,(H,20,22)(H,21,23). The van der Waals surface area contributed by atoms with Crippen LogP contribution in [0.1, 0.15) is 12.5 Å². The molecule has 2 rings (SSSR count). The second kappa shape index (κ2) is 7.79. The third-order valence-electron chi connectivity index (χ3n) is 3.06. The number of benzene rings is 2. The second-order valence-corrected chi connectivity index (χ2v) is 5.53. The molecule has 0 aliphatic heterocycles. The van der Waals surface area contributed by atoms with Crippen molar-refractivity contribution in [1.82, 2.24) is 0 Å². The molecule has 0 aliphatic rings. The summed E-state index contributed by atoms with van der Waals surface area (Å²) in [5.41, 5.74) is 1.18. The van der Waals surface area contributed by atoms with Crippen molar-refractivity contribution in [3.63, 3.8) is 0 Å². The highest BCUT2D eigenvalue weighted by Gasteiger charge is 2.09. The second-order valence-electron chi connectivity index (χ2n) is 5.12. The van der Waals surface area contributed by atoms with E-state index in [9.17, 15) is 14.0 Å². The highest BCUT2D eigenvalue weighted by atomic mass is 35.5. The van der Waals surface area contributed by atoms with Crippen LogP contribution in [0.3, 0.4) is 0 Å². The van der Waals surface area contributed by atoms with Gasteiger partial charge in [0.05, 0.1) is 5.69 Å². The molecule has 0 aliphatic carbocycles. The van der Waals surface area contributed by atoms with Gasteiger partial charge < -0.3 is 15.4 Å². The van der Waals surface area contributed by atoms with E-state index in [0.29, 0.717) is 16.5 Å². The Hall–Kier alpha value is -2.60. The number of rotatable bonds is 5. The number of hydrogen-bond acceptors (Lipinski definition) is 3. The van der Waals surface area contributed by atoms with Crippen molar-refractivity contribution in [3.05, 3.63) is 52.8 Å². The van der Waals surface area contributed by atoms with E-state index in [1.165, 1.54) is 19.1 Å². The lowest BCUT2D eigenvalue weighted by Crippen LogP contribution is -2.20. The average molecular weight is 351 g/mol. The van der Waals surface area contributed by atoms with Crippen molar-refractivity contribution in [1.29, 1.82) is 0 Å². The summed E-state index contributed by atoms with van der Waals surface area (Å²) in [6.07, 6.45) is 0. The minimum absolute atomic E-state index is 0.00505. The quantitative estimate of drug-likeness (QED) is 0.862. The normalized spacial score (nSPS) is 10.2. The fourth-order valence-corrected chi connectivity index (χ4v) is 2.06. The molecule has 2 amide bonds. The third-order valence-corrected chi connectivity index (χ3v) is 3.48. The predicted molar refractivity (Wildman–Crippen MR) is 91.0 cm³/mol. The Kier molecular flexibility index (Phi) is 5.76. The number of hydrogen-bond donors (Lipinski definition) is 2. The molecular formula is C17H16ClFN2O3. The van der Waals surface area contributed by atoms with Gasteiger partial charge in [0.1, 0.15) is 11.6 Å². The summed E-state index contributed by atoms with van der Waals surface area (Å²) >= 11 is 5.92. The van der Waals surface area contributed by atoms with Gasteiger partial charge in [0.2, 0.25) is 5.91 Å². The monoisotopic (exact) mass is 350 g/mol. The first-order valence-corrected chi connectivity index (χ1v) is 7.49. The molecular weight excluding hydrogens is 335 g/mol. The molecule has 0 spiro atoms. The molecule has 7 heteroatoms. The van der Waals surface area contributed by atoms with Crippen molar-refractivity contribution < 1.29 is 18.7 Å². The van der Waals surface area contributed by atoms with Crippen LogP contribution in [0.5, 0.6) is 5.75 Å². The van der Waals surface area contributed by atoms with Crippen LogP contribution in [0.25, 0.3) is 0 Å². The Morgan fingerprint density at radius 3 is 2.58 bits per heavy atom. The summed E-state index contributed by atoms with van der Waals surface area (Å²) in [5, 5.41) is 5.53. The number of anilines is 2. The first-order chi connectivity index (χ1) is 11.3. The average Bonchev–Trinajstić information content (AvgIpc) is 2.51. The van der Waals surface area contributed by atoms with Crippen LogP contribution >= 0.6 is 11.6 Å². The van der Waals surface area contributed by atoms with Crippen LogP contribution in [-0.2, 0) is 9.59 Å². The third kappa shape index (κ3) is 4.96. The molecule has 2 aromatic carbocycles. The lowest BCUT2D eigenvalue weighted by molar-refractivity contribution is -0.118. The lowest BCUT2D eigenvalue weighted by atomic mass is 10.2. The van der Waals surface area contributed by atoms with E-state index in [0.717, 1.165) is 11.6 Å². The molecule has 2 aromatic rings. The van der Waals surface area contributed by atoms with Crippen molar-refractivity contribution in [3.8, 4) is 5.75 Å².